The third-order valence-electron chi connectivity index (χ3n) is 6.19. The third-order valence-corrected chi connectivity index (χ3v) is 7.53. The van der Waals surface area contributed by atoms with Gasteiger partial charge in [0, 0.05) is 26.9 Å². The zero-order valence-electron chi connectivity index (χ0n) is 23.3. The summed E-state index contributed by atoms with van der Waals surface area (Å²) in [6.07, 6.45) is 1.59. The number of hydrogen-bond acceptors (Lipinski definition) is 5. The normalized spacial score (nSPS) is 11.8. The van der Waals surface area contributed by atoms with E-state index in [4.69, 9.17) is 16.3 Å². The Morgan fingerprint density at radius 1 is 0.881 bits per heavy atom. The molecule has 3 amide bonds. The smallest absolute Gasteiger partial charge is 0.272 e. The predicted molar refractivity (Wildman–Crippen MR) is 170 cm³/mol. The van der Waals surface area contributed by atoms with Crippen molar-refractivity contribution >= 4 is 58.5 Å². The standard InChI is InChI=1S/C33H30ClN3O4S/c1-21-12-13-25(34)20-29(21)36-31(38)22(2)42-28-16-14-26(15-17-28)35-33(40)30(19-23-8-7-11-27(18-23)41-3)37-32(39)24-9-5-4-6-10-24/h4-20,22H,1-3H3,(H,35,40)(H,36,38)(H,37,39)/b30-19-. The van der Waals surface area contributed by atoms with Crippen LogP contribution in [0.5, 0.6) is 5.75 Å². The second kappa shape index (κ2) is 14.4. The quantitative estimate of drug-likeness (QED) is 0.132. The molecule has 7 nitrogen and oxygen atoms in total. The minimum absolute atomic E-state index is 0.0668. The van der Waals surface area contributed by atoms with Gasteiger partial charge in [0.05, 0.1) is 12.4 Å². The lowest BCUT2D eigenvalue weighted by Crippen LogP contribution is -2.30. The first-order valence-corrected chi connectivity index (χ1v) is 14.3. The molecular weight excluding hydrogens is 570 g/mol. The average molecular weight is 600 g/mol. The number of carbonyl (C=O) groups is 3. The highest BCUT2D eigenvalue weighted by Crippen LogP contribution is 2.27. The second-order valence-electron chi connectivity index (χ2n) is 9.34. The molecule has 1 unspecified atom stereocenters. The van der Waals surface area contributed by atoms with Crippen LogP contribution in [0.15, 0.2) is 108 Å². The van der Waals surface area contributed by atoms with Gasteiger partial charge in [-0.15, -0.1) is 11.8 Å². The lowest BCUT2D eigenvalue weighted by atomic mass is 10.1. The molecule has 0 aromatic heterocycles. The summed E-state index contributed by atoms with van der Waals surface area (Å²) in [4.78, 5) is 39.8. The van der Waals surface area contributed by atoms with Gasteiger partial charge in [-0.2, -0.15) is 0 Å². The van der Waals surface area contributed by atoms with Crippen molar-refractivity contribution in [1.29, 1.82) is 0 Å². The van der Waals surface area contributed by atoms with Gasteiger partial charge in [-0.05, 0) is 91.7 Å². The fraction of sp³-hybridized carbons (Fsp3) is 0.121. The first-order chi connectivity index (χ1) is 20.2. The van der Waals surface area contributed by atoms with Gasteiger partial charge in [0.2, 0.25) is 5.91 Å². The van der Waals surface area contributed by atoms with E-state index >= 15 is 0 Å². The van der Waals surface area contributed by atoms with Crippen LogP contribution in [0.3, 0.4) is 0 Å². The maximum absolute atomic E-state index is 13.3. The Kier molecular flexibility index (Phi) is 10.4. The minimum atomic E-state index is -0.493. The topological polar surface area (TPSA) is 96.5 Å². The Bertz CT molecular complexity index is 1610. The molecule has 4 rings (SSSR count). The number of aryl methyl sites for hydroxylation is 1. The first kappa shape index (κ1) is 30.4. The summed E-state index contributed by atoms with van der Waals surface area (Å²) < 4.78 is 5.29. The van der Waals surface area contributed by atoms with E-state index < -0.39 is 11.8 Å². The largest absolute Gasteiger partial charge is 0.497 e. The Morgan fingerprint density at radius 3 is 2.33 bits per heavy atom. The van der Waals surface area contributed by atoms with E-state index in [9.17, 15) is 14.4 Å². The summed E-state index contributed by atoms with van der Waals surface area (Å²) >= 11 is 7.46. The molecule has 4 aromatic rings. The molecule has 42 heavy (non-hydrogen) atoms. The fourth-order valence-corrected chi connectivity index (χ4v) is 4.92. The van der Waals surface area contributed by atoms with Crippen molar-refractivity contribution in [3.05, 3.63) is 124 Å². The summed E-state index contributed by atoms with van der Waals surface area (Å²) in [5, 5.41) is 8.67. The van der Waals surface area contributed by atoms with E-state index in [0.29, 0.717) is 33.3 Å². The van der Waals surface area contributed by atoms with Crippen molar-refractivity contribution < 1.29 is 19.1 Å². The van der Waals surface area contributed by atoms with E-state index in [-0.39, 0.29) is 16.9 Å². The SMILES string of the molecule is COc1cccc(/C=C(\NC(=O)c2ccccc2)C(=O)Nc2ccc(SC(C)C(=O)Nc3cc(Cl)ccc3C)cc2)c1. The van der Waals surface area contributed by atoms with Crippen molar-refractivity contribution in [2.75, 3.05) is 17.7 Å². The molecule has 0 heterocycles. The Balaban J connectivity index is 1.45. The molecule has 3 N–H and O–H groups in total. The van der Waals surface area contributed by atoms with Gasteiger partial charge < -0.3 is 20.7 Å². The summed E-state index contributed by atoms with van der Waals surface area (Å²) in [5.41, 5.74) is 3.30. The average Bonchev–Trinajstić information content (AvgIpc) is 3.00. The zero-order valence-corrected chi connectivity index (χ0v) is 24.9. The monoisotopic (exact) mass is 599 g/mol. The fourth-order valence-electron chi connectivity index (χ4n) is 3.88. The molecule has 0 aliphatic carbocycles. The molecule has 9 heteroatoms. The van der Waals surface area contributed by atoms with Crippen molar-refractivity contribution in [3.63, 3.8) is 0 Å². The summed E-state index contributed by atoms with van der Waals surface area (Å²) in [7, 11) is 1.56. The summed E-state index contributed by atoms with van der Waals surface area (Å²) in [6.45, 7) is 3.72. The Hall–Kier alpha value is -4.53. The van der Waals surface area contributed by atoms with Crippen molar-refractivity contribution in [2.24, 2.45) is 0 Å². The number of carbonyl (C=O) groups excluding carboxylic acids is 3. The van der Waals surface area contributed by atoms with Gasteiger partial charge in [0.25, 0.3) is 11.8 Å². The summed E-state index contributed by atoms with van der Waals surface area (Å²) in [5.74, 6) is -0.431. The number of nitrogens with one attached hydrogen (secondary N) is 3. The maximum Gasteiger partial charge on any atom is 0.272 e. The van der Waals surface area contributed by atoms with E-state index in [2.05, 4.69) is 16.0 Å². The molecule has 0 saturated carbocycles. The number of hydrogen-bond donors (Lipinski definition) is 3. The maximum atomic E-state index is 13.3. The predicted octanol–water partition coefficient (Wildman–Crippen LogP) is 7.19. The van der Waals surface area contributed by atoms with E-state index in [1.165, 1.54) is 11.8 Å². The Morgan fingerprint density at radius 2 is 1.62 bits per heavy atom. The molecule has 0 radical (unpaired) electrons. The Labute approximate surface area is 254 Å². The molecule has 0 fully saturated rings. The third kappa shape index (κ3) is 8.49. The lowest BCUT2D eigenvalue weighted by Gasteiger charge is -2.14. The molecule has 0 spiro atoms. The highest BCUT2D eigenvalue weighted by Gasteiger charge is 2.17. The van der Waals surface area contributed by atoms with E-state index in [1.54, 1.807) is 79.9 Å². The number of methoxy groups -OCH3 is 1. The number of anilines is 2. The second-order valence-corrected chi connectivity index (χ2v) is 11.2. The molecule has 0 aliphatic heterocycles. The van der Waals surface area contributed by atoms with Crippen molar-refractivity contribution in [3.8, 4) is 5.75 Å². The molecule has 0 bridgehead atoms. The van der Waals surface area contributed by atoms with Crippen LogP contribution in [0.2, 0.25) is 5.02 Å². The lowest BCUT2D eigenvalue weighted by molar-refractivity contribution is -0.115. The van der Waals surface area contributed by atoms with Gasteiger partial charge in [0.1, 0.15) is 11.4 Å². The van der Waals surface area contributed by atoms with Gasteiger partial charge in [0.15, 0.2) is 0 Å². The van der Waals surface area contributed by atoms with Gasteiger partial charge in [-0.1, -0.05) is 48.0 Å². The zero-order chi connectivity index (χ0) is 30.1. The minimum Gasteiger partial charge on any atom is -0.497 e. The highest BCUT2D eigenvalue weighted by atomic mass is 35.5. The highest BCUT2D eigenvalue weighted by molar-refractivity contribution is 8.00. The van der Waals surface area contributed by atoms with Crippen LogP contribution in [-0.4, -0.2) is 30.1 Å². The van der Waals surface area contributed by atoms with Crippen LogP contribution >= 0.6 is 23.4 Å². The number of thioether (sulfide) groups is 1. The van der Waals surface area contributed by atoms with Crippen LogP contribution in [0, 0.1) is 6.92 Å². The van der Waals surface area contributed by atoms with E-state index in [1.807, 2.05) is 44.2 Å². The molecular formula is C33H30ClN3O4S. The number of ether oxygens (including phenoxy) is 1. The number of benzene rings is 4. The van der Waals surface area contributed by atoms with E-state index in [0.717, 1.165) is 10.5 Å². The first-order valence-electron chi connectivity index (χ1n) is 13.1. The van der Waals surface area contributed by atoms with Crippen LogP contribution in [0.1, 0.15) is 28.4 Å². The number of halogens is 1. The van der Waals surface area contributed by atoms with Crippen LogP contribution in [0.4, 0.5) is 11.4 Å². The molecule has 0 saturated heterocycles. The van der Waals surface area contributed by atoms with Crippen LogP contribution in [0.25, 0.3) is 6.08 Å². The van der Waals surface area contributed by atoms with Gasteiger partial charge in [-0.25, -0.2) is 0 Å². The summed E-state index contributed by atoms with van der Waals surface area (Å²) in [6, 6.07) is 28.3. The molecule has 4 aromatic carbocycles. The van der Waals surface area contributed by atoms with Crippen molar-refractivity contribution in [1.82, 2.24) is 5.32 Å². The van der Waals surface area contributed by atoms with Gasteiger partial charge in [-0.3, -0.25) is 14.4 Å². The van der Waals surface area contributed by atoms with Gasteiger partial charge >= 0.3 is 0 Å². The molecule has 1 atom stereocenters. The molecule has 0 aliphatic rings. The molecule has 214 valence electrons. The van der Waals surface area contributed by atoms with Crippen LogP contribution in [-0.2, 0) is 9.59 Å². The van der Waals surface area contributed by atoms with Crippen molar-refractivity contribution in [2.45, 2.75) is 24.0 Å². The van der Waals surface area contributed by atoms with Crippen LogP contribution < -0.4 is 20.7 Å². The number of rotatable bonds is 10. The number of amides is 3.